The molecule has 0 saturated carbocycles. The highest BCUT2D eigenvalue weighted by Crippen LogP contribution is 2.33. The van der Waals surface area contributed by atoms with Crippen molar-refractivity contribution in [2.24, 2.45) is 5.41 Å². The highest BCUT2D eigenvalue weighted by atomic mass is 16.5. The van der Waals surface area contributed by atoms with E-state index >= 15 is 0 Å². The van der Waals surface area contributed by atoms with Gasteiger partial charge in [0.05, 0.1) is 13.2 Å². The molecule has 1 aromatic carbocycles. The molecule has 1 aromatic heterocycles. The summed E-state index contributed by atoms with van der Waals surface area (Å²) in [5, 5.41) is 0. The van der Waals surface area contributed by atoms with Gasteiger partial charge in [-0.3, -0.25) is 4.79 Å². The van der Waals surface area contributed by atoms with E-state index in [9.17, 15) is 4.79 Å². The molecule has 2 aliphatic heterocycles. The molecular formula is C21H27N3O2. The van der Waals surface area contributed by atoms with Gasteiger partial charge in [-0.15, -0.1) is 0 Å². The van der Waals surface area contributed by atoms with Gasteiger partial charge in [-0.25, -0.2) is 0 Å². The van der Waals surface area contributed by atoms with Gasteiger partial charge in [-0.2, -0.15) is 0 Å². The number of rotatable bonds is 2. The highest BCUT2D eigenvalue weighted by molar-refractivity contribution is 5.94. The van der Waals surface area contributed by atoms with Gasteiger partial charge in [0.1, 0.15) is 0 Å². The van der Waals surface area contributed by atoms with E-state index in [1.165, 1.54) is 0 Å². The van der Waals surface area contributed by atoms with Crippen LogP contribution in [0.1, 0.15) is 23.2 Å². The van der Waals surface area contributed by atoms with E-state index in [0.29, 0.717) is 0 Å². The lowest BCUT2D eigenvalue weighted by Gasteiger charge is -2.43. The Hall–Kier alpha value is -2.11. The first-order valence-electron chi connectivity index (χ1n) is 9.44. The summed E-state index contributed by atoms with van der Waals surface area (Å²) in [6.45, 7) is 5.14. The highest BCUT2D eigenvalue weighted by Gasteiger charge is 2.39. The van der Waals surface area contributed by atoms with Crippen LogP contribution in [0.2, 0.25) is 0 Å². The molecule has 5 heteroatoms. The van der Waals surface area contributed by atoms with Crippen LogP contribution in [0.5, 0.6) is 0 Å². The van der Waals surface area contributed by atoms with Gasteiger partial charge >= 0.3 is 0 Å². The summed E-state index contributed by atoms with van der Waals surface area (Å²) in [4.78, 5) is 17.4. The molecule has 0 aliphatic carbocycles. The number of benzene rings is 1. The predicted molar refractivity (Wildman–Crippen MR) is 102 cm³/mol. The van der Waals surface area contributed by atoms with Crippen LogP contribution in [0.3, 0.4) is 0 Å². The zero-order valence-electron chi connectivity index (χ0n) is 15.4. The number of hydrogen-bond acceptors (Lipinski definition) is 3. The standard InChI is InChI=1S/C21H27N3O2/c1-22-13-14-26-17-21(15-22)9-4-12-24(16-21)20(25)18-5-7-19(8-6-18)23-10-2-3-11-23/h2-3,5-8,10-11H,4,9,12-17H2,1H3/t21-/m1/s1. The molecule has 0 radical (unpaired) electrons. The first-order valence-corrected chi connectivity index (χ1v) is 9.44. The Kier molecular flexibility index (Phi) is 4.83. The average Bonchev–Trinajstić information content (AvgIpc) is 3.14. The lowest BCUT2D eigenvalue weighted by Crippen LogP contribution is -2.51. The van der Waals surface area contributed by atoms with E-state index < -0.39 is 0 Å². The van der Waals surface area contributed by atoms with Crippen molar-refractivity contribution in [3.8, 4) is 5.69 Å². The zero-order chi connectivity index (χ0) is 18.0. The minimum atomic E-state index is 0.0737. The molecule has 0 unspecified atom stereocenters. The number of carbonyl (C=O) groups is 1. The predicted octanol–water partition coefficient (Wildman–Crippen LogP) is 2.66. The number of piperidine rings is 1. The van der Waals surface area contributed by atoms with E-state index in [2.05, 4.69) is 11.9 Å². The molecule has 1 amide bonds. The van der Waals surface area contributed by atoms with Crippen LogP contribution in [-0.2, 0) is 4.74 Å². The number of likely N-dealkylation sites (N-methyl/N-ethyl adjacent to an activating group) is 1. The van der Waals surface area contributed by atoms with Gasteiger partial charge < -0.3 is 19.1 Å². The summed E-state index contributed by atoms with van der Waals surface area (Å²) in [6, 6.07) is 11.9. The zero-order valence-corrected chi connectivity index (χ0v) is 15.4. The maximum absolute atomic E-state index is 13.1. The molecule has 2 aliphatic rings. The summed E-state index contributed by atoms with van der Waals surface area (Å²) in [5.41, 5.74) is 1.91. The largest absolute Gasteiger partial charge is 0.379 e. The Morgan fingerprint density at radius 1 is 1.08 bits per heavy atom. The average molecular weight is 353 g/mol. The smallest absolute Gasteiger partial charge is 0.253 e. The quantitative estimate of drug-likeness (QED) is 0.833. The van der Waals surface area contributed by atoms with Crippen LogP contribution in [0, 0.1) is 5.41 Å². The first-order chi connectivity index (χ1) is 12.7. The molecule has 0 bridgehead atoms. The van der Waals surface area contributed by atoms with E-state index in [1.807, 2.05) is 58.3 Å². The Labute approximate surface area is 155 Å². The molecule has 4 rings (SSSR count). The Bertz CT molecular complexity index is 741. The fraction of sp³-hybridized carbons (Fsp3) is 0.476. The van der Waals surface area contributed by atoms with Gasteiger partial charge in [0.25, 0.3) is 5.91 Å². The second kappa shape index (κ2) is 7.25. The van der Waals surface area contributed by atoms with Crippen molar-refractivity contribution in [3.63, 3.8) is 0 Å². The van der Waals surface area contributed by atoms with Crippen LogP contribution < -0.4 is 0 Å². The van der Waals surface area contributed by atoms with Crippen molar-refractivity contribution in [2.75, 3.05) is 46.4 Å². The van der Waals surface area contributed by atoms with Gasteiger partial charge in [0, 0.05) is 55.2 Å². The number of likely N-dealkylation sites (tertiary alicyclic amines) is 1. The fourth-order valence-electron chi connectivity index (χ4n) is 4.30. The lowest BCUT2D eigenvalue weighted by molar-refractivity contribution is 0.00861. The summed E-state index contributed by atoms with van der Waals surface area (Å²) >= 11 is 0. The van der Waals surface area contributed by atoms with E-state index in [-0.39, 0.29) is 11.3 Å². The van der Waals surface area contributed by atoms with Crippen LogP contribution in [-0.4, -0.2) is 66.7 Å². The number of ether oxygens (including phenoxy) is 1. The van der Waals surface area contributed by atoms with Gasteiger partial charge in [-0.1, -0.05) is 0 Å². The number of aromatic nitrogens is 1. The third kappa shape index (κ3) is 3.55. The number of hydrogen-bond donors (Lipinski definition) is 0. The van der Waals surface area contributed by atoms with Crippen molar-refractivity contribution in [1.29, 1.82) is 0 Å². The normalized spacial score (nSPS) is 24.6. The summed E-state index contributed by atoms with van der Waals surface area (Å²) in [6.07, 6.45) is 6.19. The topological polar surface area (TPSA) is 37.7 Å². The van der Waals surface area contributed by atoms with Gasteiger partial charge in [0.15, 0.2) is 0 Å². The van der Waals surface area contributed by atoms with Gasteiger partial charge in [-0.05, 0) is 56.3 Å². The summed E-state index contributed by atoms with van der Waals surface area (Å²) < 4.78 is 7.91. The van der Waals surface area contributed by atoms with Crippen LogP contribution in [0.15, 0.2) is 48.8 Å². The molecule has 2 aromatic rings. The summed E-state index contributed by atoms with van der Waals surface area (Å²) in [5.74, 6) is 0.134. The van der Waals surface area contributed by atoms with Crippen molar-refractivity contribution < 1.29 is 9.53 Å². The molecule has 0 N–H and O–H groups in total. The van der Waals surface area contributed by atoms with Crippen molar-refractivity contribution >= 4 is 5.91 Å². The first kappa shape index (κ1) is 17.3. The molecule has 5 nitrogen and oxygen atoms in total. The Morgan fingerprint density at radius 2 is 1.85 bits per heavy atom. The van der Waals surface area contributed by atoms with Crippen LogP contribution in [0.4, 0.5) is 0 Å². The lowest BCUT2D eigenvalue weighted by atomic mass is 9.80. The molecule has 1 atom stereocenters. The minimum absolute atomic E-state index is 0.0737. The minimum Gasteiger partial charge on any atom is -0.379 e. The Balaban J connectivity index is 1.49. The Morgan fingerprint density at radius 3 is 2.62 bits per heavy atom. The van der Waals surface area contributed by atoms with Crippen LogP contribution >= 0.6 is 0 Å². The summed E-state index contributed by atoms with van der Waals surface area (Å²) in [7, 11) is 2.15. The number of nitrogens with zero attached hydrogens (tertiary/aromatic N) is 3. The molecule has 3 heterocycles. The van der Waals surface area contributed by atoms with Crippen molar-refractivity contribution in [3.05, 3.63) is 54.4 Å². The maximum Gasteiger partial charge on any atom is 0.253 e. The SMILES string of the molecule is CN1CCOC[C@]2(CCCN(C(=O)c3ccc(-n4cccc4)cc3)C2)C1. The molecule has 2 saturated heterocycles. The van der Waals surface area contributed by atoms with E-state index in [4.69, 9.17) is 4.74 Å². The number of carbonyl (C=O) groups excluding carboxylic acids is 1. The number of amides is 1. The molecule has 2 fully saturated rings. The van der Waals surface area contributed by atoms with Crippen molar-refractivity contribution in [2.45, 2.75) is 12.8 Å². The van der Waals surface area contributed by atoms with Crippen molar-refractivity contribution in [1.82, 2.24) is 14.4 Å². The second-order valence-electron chi connectivity index (χ2n) is 7.76. The molecule has 138 valence electrons. The molecular weight excluding hydrogens is 326 g/mol. The van der Waals surface area contributed by atoms with Gasteiger partial charge in [0.2, 0.25) is 0 Å². The third-order valence-corrected chi connectivity index (χ3v) is 5.60. The maximum atomic E-state index is 13.1. The molecule has 1 spiro atoms. The van der Waals surface area contributed by atoms with E-state index in [1.54, 1.807) is 0 Å². The fourth-order valence-corrected chi connectivity index (χ4v) is 4.30. The monoisotopic (exact) mass is 353 g/mol. The third-order valence-electron chi connectivity index (χ3n) is 5.60. The van der Waals surface area contributed by atoms with Crippen LogP contribution in [0.25, 0.3) is 5.69 Å². The second-order valence-corrected chi connectivity index (χ2v) is 7.76. The van der Waals surface area contributed by atoms with E-state index in [0.717, 1.165) is 63.5 Å². The molecule has 26 heavy (non-hydrogen) atoms.